The predicted molar refractivity (Wildman–Crippen MR) is 85.3 cm³/mol. The first-order valence-corrected chi connectivity index (χ1v) is 8.86. The van der Waals surface area contributed by atoms with Crippen LogP contribution in [-0.2, 0) is 16.4 Å². The number of rotatable bonds is 3. The Labute approximate surface area is 135 Å². The van der Waals surface area contributed by atoms with Crippen molar-refractivity contribution in [3.8, 4) is 0 Å². The molecule has 6 nitrogen and oxygen atoms in total. The molecule has 0 amide bonds. The minimum Gasteiger partial charge on any atom is -0.360 e. The van der Waals surface area contributed by atoms with Crippen molar-refractivity contribution >= 4 is 21.5 Å². The Morgan fingerprint density at radius 1 is 1.30 bits per heavy atom. The number of benzene rings is 1. The second kappa shape index (κ2) is 5.49. The van der Waals surface area contributed by atoms with Gasteiger partial charge in [0.15, 0.2) is 16.4 Å². The summed E-state index contributed by atoms with van der Waals surface area (Å²) in [5.41, 5.74) is 2.45. The van der Waals surface area contributed by atoms with E-state index >= 15 is 0 Å². The molecule has 0 saturated carbocycles. The minimum absolute atomic E-state index is 0.0292. The molecule has 2 heterocycles. The lowest BCUT2D eigenvalue weighted by Crippen LogP contribution is -2.36. The molecule has 1 aliphatic rings. The van der Waals surface area contributed by atoms with Crippen LogP contribution in [0.1, 0.15) is 40.7 Å². The van der Waals surface area contributed by atoms with Gasteiger partial charge in [-0.25, -0.2) is 8.42 Å². The van der Waals surface area contributed by atoms with Crippen molar-refractivity contribution in [1.82, 2.24) is 5.16 Å². The number of ketones is 1. The van der Waals surface area contributed by atoms with Gasteiger partial charge in [-0.3, -0.25) is 9.10 Å². The largest absolute Gasteiger partial charge is 0.360 e. The highest BCUT2D eigenvalue weighted by Gasteiger charge is 2.33. The maximum atomic E-state index is 13.0. The Hall–Kier alpha value is -2.15. The van der Waals surface area contributed by atoms with Gasteiger partial charge in [-0.2, -0.15) is 0 Å². The van der Waals surface area contributed by atoms with Crippen molar-refractivity contribution in [3.05, 3.63) is 40.8 Å². The van der Waals surface area contributed by atoms with Gasteiger partial charge in [0.05, 0.1) is 5.69 Å². The highest BCUT2D eigenvalue weighted by molar-refractivity contribution is 7.93. The van der Waals surface area contributed by atoms with E-state index in [4.69, 9.17) is 4.52 Å². The molecule has 0 unspecified atom stereocenters. The van der Waals surface area contributed by atoms with Gasteiger partial charge in [0.25, 0.3) is 10.0 Å². The Balaban J connectivity index is 2.12. The molecule has 0 spiro atoms. The molecule has 0 bridgehead atoms. The van der Waals surface area contributed by atoms with E-state index in [1.807, 2.05) is 0 Å². The lowest BCUT2D eigenvalue weighted by Gasteiger charge is -2.30. The Morgan fingerprint density at radius 3 is 2.65 bits per heavy atom. The summed E-state index contributed by atoms with van der Waals surface area (Å²) in [5.74, 6) is 0.258. The van der Waals surface area contributed by atoms with E-state index in [1.54, 1.807) is 32.0 Å². The highest BCUT2D eigenvalue weighted by atomic mass is 32.2. The molecule has 0 radical (unpaired) electrons. The quantitative estimate of drug-likeness (QED) is 0.806. The van der Waals surface area contributed by atoms with Crippen LogP contribution in [0, 0.1) is 13.8 Å². The van der Waals surface area contributed by atoms with Crippen LogP contribution in [0.2, 0.25) is 0 Å². The van der Waals surface area contributed by atoms with Gasteiger partial charge < -0.3 is 4.52 Å². The molecule has 1 aliphatic heterocycles. The van der Waals surface area contributed by atoms with E-state index < -0.39 is 10.0 Å². The summed E-state index contributed by atoms with van der Waals surface area (Å²) in [6.45, 7) is 5.12. The molecule has 1 aromatic heterocycles. The molecule has 0 saturated heterocycles. The Morgan fingerprint density at radius 2 is 2.04 bits per heavy atom. The van der Waals surface area contributed by atoms with Crippen LogP contribution in [0.25, 0.3) is 0 Å². The molecule has 0 N–H and O–H groups in total. The fourth-order valence-electron chi connectivity index (χ4n) is 2.98. The first-order chi connectivity index (χ1) is 10.8. The van der Waals surface area contributed by atoms with E-state index in [2.05, 4.69) is 5.16 Å². The molecule has 0 fully saturated rings. The number of hydrogen-bond acceptors (Lipinski definition) is 5. The number of carbonyl (C=O) groups is 1. The summed E-state index contributed by atoms with van der Waals surface area (Å²) in [5, 5.41) is 3.75. The number of Topliss-reactive ketones (excluding diaryl/α,β-unsaturated/α-hetero) is 1. The zero-order valence-corrected chi connectivity index (χ0v) is 14.1. The number of anilines is 1. The monoisotopic (exact) mass is 334 g/mol. The van der Waals surface area contributed by atoms with E-state index in [0.29, 0.717) is 29.9 Å². The smallest absolute Gasteiger partial charge is 0.269 e. The number of aryl methyl sites for hydroxylation is 3. The van der Waals surface area contributed by atoms with Crippen LogP contribution in [0.3, 0.4) is 0 Å². The molecular weight excluding hydrogens is 316 g/mol. The first-order valence-electron chi connectivity index (χ1n) is 7.42. The molecule has 7 heteroatoms. The lowest BCUT2D eigenvalue weighted by atomic mass is 9.99. The number of sulfonamides is 1. The van der Waals surface area contributed by atoms with Gasteiger partial charge in [-0.1, -0.05) is 5.16 Å². The maximum absolute atomic E-state index is 13.0. The SMILES string of the molecule is CC(=O)c1ccc2c(c1)CCCN2S(=O)(=O)c1c(C)noc1C. The van der Waals surface area contributed by atoms with Gasteiger partial charge in [0.2, 0.25) is 0 Å². The molecule has 122 valence electrons. The van der Waals surface area contributed by atoms with Gasteiger partial charge in [0.1, 0.15) is 5.69 Å². The zero-order valence-electron chi connectivity index (χ0n) is 13.3. The Kier molecular flexibility index (Phi) is 3.75. The summed E-state index contributed by atoms with van der Waals surface area (Å²) >= 11 is 0. The van der Waals surface area contributed by atoms with E-state index in [9.17, 15) is 13.2 Å². The summed E-state index contributed by atoms with van der Waals surface area (Å²) in [6, 6.07) is 5.16. The zero-order chi connectivity index (χ0) is 16.8. The van der Waals surface area contributed by atoms with E-state index in [1.165, 1.54) is 11.2 Å². The number of carbonyl (C=O) groups excluding carboxylic acids is 1. The molecule has 0 atom stereocenters. The fourth-order valence-corrected chi connectivity index (χ4v) is 4.82. The normalized spacial score (nSPS) is 14.7. The first kappa shape index (κ1) is 15.7. The van der Waals surface area contributed by atoms with Crippen molar-refractivity contribution < 1.29 is 17.7 Å². The second-order valence-electron chi connectivity index (χ2n) is 5.73. The fraction of sp³-hybridized carbons (Fsp3) is 0.375. The molecule has 0 aliphatic carbocycles. The van der Waals surface area contributed by atoms with Crippen LogP contribution < -0.4 is 4.31 Å². The van der Waals surface area contributed by atoms with Gasteiger partial charge in [0, 0.05) is 12.1 Å². The third kappa shape index (κ3) is 2.55. The average molecular weight is 334 g/mol. The summed E-state index contributed by atoms with van der Waals surface area (Å²) in [7, 11) is -3.73. The summed E-state index contributed by atoms with van der Waals surface area (Å²) in [6.07, 6.45) is 1.46. The molecule has 23 heavy (non-hydrogen) atoms. The third-order valence-corrected chi connectivity index (χ3v) is 6.14. The standard InChI is InChI=1S/C16H18N2O4S/c1-10-16(12(3)22-17-10)23(20,21)18-8-4-5-14-9-13(11(2)19)6-7-15(14)18/h6-7,9H,4-5,8H2,1-3H3. The second-order valence-corrected chi connectivity index (χ2v) is 7.53. The lowest BCUT2D eigenvalue weighted by molar-refractivity contribution is 0.101. The van der Waals surface area contributed by atoms with Crippen molar-refractivity contribution in [3.63, 3.8) is 0 Å². The van der Waals surface area contributed by atoms with Crippen LogP contribution in [0.4, 0.5) is 5.69 Å². The molecule has 3 rings (SSSR count). The van der Waals surface area contributed by atoms with Crippen LogP contribution in [-0.4, -0.2) is 25.9 Å². The molecule has 1 aromatic carbocycles. The number of fused-ring (bicyclic) bond motifs is 1. The van der Waals surface area contributed by atoms with Gasteiger partial charge in [-0.15, -0.1) is 0 Å². The van der Waals surface area contributed by atoms with Crippen LogP contribution >= 0.6 is 0 Å². The van der Waals surface area contributed by atoms with Crippen molar-refractivity contribution in [1.29, 1.82) is 0 Å². The maximum Gasteiger partial charge on any atom is 0.269 e. The topological polar surface area (TPSA) is 80.5 Å². The Bertz CT molecular complexity index is 864. The van der Waals surface area contributed by atoms with Crippen molar-refractivity contribution in [2.24, 2.45) is 0 Å². The van der Waals surface area contributed by atoms with Crippen LogP contribution in [0.5, 0.6) is 0 Å². The van der Waals surface area contributed by atoms with Gasteiger partial charge >= 0.3 is 0 Å². The van der Waals surface area contributed by atoms with Crippen molar-refractivity contribution in [2.45, 2.75) is 38.5 Å². The molecular formula is C16H18N2O4S. The summed E-state index contributed by atoms with van der Waals surface area (Å²) in [4.78, 5) is 11.7. The van der Waals surface area contributed by atoms with Crippen LogP contribution in [0.15, 0.2) is 27.6 Å². The number of aromatic nitrogens is 1. The van der Waals surface area contributed by atoms with Crippen molar-refractivity contribution in [2.75, 3.05) is 10.8 Å². The highest BCUT2D eigenvalue weighted by Crippen LogP contribution is 2.34. The number of nitrogens with zero attached hydrogens (tertiary/aromatic N) is 2. The summed E-state index contributed by atoms with van der Waals surface area (Å²) < 4.78 is 32.5. The minimum atomic E-state index is -3.73. The molecule has 2 aromatic rings. The third-order valence-electron chi connectivity index (χ3n) is 4.08. The predicted octanol–water partition coefficient (Wildman–Crippen LogP) is 2.64. The van der Waals surface area contributed by atoms with E-state index in [0.717, 1.165) is 12.0 Å². The average Bonchev–Trinajstić information content (AvgIpc) is 2.85. The number of hydrogen-bond donors (Lipinski definition) is 0. The van der Waals surface area contributed by atoms with Gasteiger partial charge in [-0.05, 0) is 57.4 Å². The van der Waals surface area contributed by atoms with E-state index in [-0.39, 0.29) is 16.4 Å².